The van der Waals surface area contributed by atoms with E-state index >= 15 is 0 Å². The molecule has 1 heterocycles. The normalized spacial score (nSPS) is 37.0. The van der Waals surface area contributed by atoms with Crippen LogP contribution in [0.3, 0.4) is 0 Å². The van der Waals surface area contributed by atoms with Crippen molar-refractivity contribution in [2.45, 2.75) is 38.6 Å². The minimum Gasteiger partial charge on any atom is -0.361 e. The summed E-state index contributed by atoms with van der Waals surface area (Å²) in [5, 5.41) is 19.1. The zero-order valence-corrected chi connectivity index (χ0v) is 11.9. The fraction of sp³-hybridized carbons (Fsp3) is 0.786. The third kappa shape index (κ3) is 1.47. The van der Waals surface area contributed by atoms with Gasteiger partial charge in [-0.25, -0.2) is 4.68 Å². The molecule has 0 amide bonds. The summed E-state index contributed by atoms with van der Waals surface area (Å²) in [5.41, 5.74) is 0.751. The van der Waals surface area contributed by atoms with E-state index in [0.29, 0.717) is 24.0 Å². The van der Waals surface area contributed by atoms with Crippen molar-refractivity contribution in [1.29, 1.82) is 0 Å². The third-order valence-electron chi connectivity index (χ3n) is 5.65. The first-order valence-electron chi connectivity index (χ1n) is 7.58. The number of hydrogen-bond donors (Lipinski definition) is 1. The van der Waals surface area contributed by atoms with Crippen LogP contribution in [0, 0.1) is 33.8 Å². The van der Waals surface area contributed by atoms with Crippen molar-refractivity contribution in [2.24, 2.45) is 30.7 Å². The van der Waals surface area contributed by atoms with E-state index in [2.05, 4.69) is 10.4 Å². The molecular weight excluding hydrogens is 256 g/mol. The highest BCUT2D eigenvalue weighted by Crippen LogP contribution is 2.66. The highest BCUT2D eigenvalue weighted by atomic mass is 16.6. The first-order valence-corrected chi connectivity index (χ1v) is 7.58. The first kappa shape index (κ1) is 12.2. The Labute approximate surface area is 117 Å². The van der Waals surface area contributed by atoms with E-state index in [1.165, 1.54) is 19.3 Å². The van der Waals surface area contributed by atoms with Gasteiger partial charge < -0.3 is 5.32 Å². The van der Waals surface area contributed by atoms with Crippen LogP contribution in [0.5, 0.6) is 0 Å². The third-order valence-corrected chi connectivity index (χ3v) is 5.65. The minimum atomic E-state index is -0.291. The summed E-state index contributed by atoms with van der Waals surface area (Å²) in [6.45, 7) is 1.91. The lowest BCUT2D eigenvalue weighted by molar-refractivity contribution is -0.384. The molecule has 1 aromatic heterocycles. The van der Waals surface area contributed by atoms with Crippen LogP contribution in [0.4, 0.5) is 11.5 Å². The Bertz CT molecular complexity index is 566. The number of aromatic nitrogens is 2. The average molecular weight is 276 g/mol. The van der Waals surface area contributed by atoms with Gasteiger partial charge in [-0.1, -0.05) is 6.92 Å². The Balaban J connectivity index is 1.61. The van der Waals surface area contributed by atoms with Crippen LogP contribution in [0.2, 0.25) is 0 Å². The van der Waals surface area contributed by atoms with E-state index in [-0.39, 0.29) is 10.6 Å². The molecule has 0 aliphatic heterocycles. The lowest BCUT2D eigenvalue weighted by Gasteiger charge is -2.11. The second kappa shape index (κ2) is 3.96. The average Bonchev–Trinajstić information content (AvgIpc) is 2.77. The molecule has 4 rings (SSSR count). The second-order valence-corrected chi connectivity index (χ2v) is 6.54. The van der Waals surface area contributed by atoms with E-state index in [1.807, 2.05) is 6.92 Å². The molecule has 1 aromatic rings. The van der Waals surface area contributed by atoms with E-state index in [9.17, 15) is 10.1 Å². The van der Waals surface area contributed by atoms with Crippen molar-refractivity contribution in [3.8, 4) is 0 Å². The molecule has 0 aromatic carbocycles. The lowest BCUT2D eigenvalue weighted by atomic mass is 10.0. The molecule has 20 heavy (non-hydrogen) atoms. The van der Waals surface area contributed by atoms with Crippen LogP contribution in [-0.2, 0) is 13.5 Å². The molecule has 6 heteroatoms. The van der Waals surface area contributed by atoms with Gasteiger partial charge in [0.1, 0.15) is 5.69 Å². The van der Waals surface area contributed by atoms with Crippen LogP contribution in [-0.4, -0.2) is 20.7 Å². The molecule has 0 spiro atoms. The van der Waals surface area contributed by atoms with Crippen molar-refractivity contribution in [1.82, 2.24) is 9.78 Å². The van der Waals surface area contributed by atoms with Crippen molar-refractivity contribution in [2.75, 3.05) is 5.32 Å². The van der Waals surface area contributed by atoms with Crippen molar-refractivity contribution in [3.63, 3.8) is 0 Å². The maximum atomic E-state index is 11.3. The van der Waals surface area contributed by atoms with Crippen LogP contribution in [0.25, 0.3) is 0 Å². The van der Waals surface area contributed by atoms with Gasteiger partial charge >= 0.3 is 5.69 Å². The maximum absolute atomic E-state index is 11.3. The van der Waals surface area contributed by atoms with Gasteiger partial charge in [-0.15, -0.1) is 0 Å². The molecule has 0 radical (unpaired) electrons. The molecule has 4 unspecified atom stereocenters. The summed E-state index contributed by atoms with van der Waals surface area (Å²) in [4.78, 5) is 11.0. The van der Waals surface area contributed by atoms with E-state index in [4.69, 9.17) is 0 Å². The highest BCUT2D eigenvalue weighted by molar-refractivity contribution is 5.61. The lowest BCUT2D eigenvalue weighted by Crippen LogP contribution is -2.15. The molecule has 4 atom stereocenters. The summed E-state index contributed by atoms with van der Waals surface area (Å²) in [5.74, 6) is 3.84. The number of aryl methyl sites for hydroxylation is 2. The number of nitrogens with one attached hydrogen (secondary N) is 1. The van der Waals surface area contributed by atoms with Crippen LogP contribution < -0.4 is 5.32 Å². The van der Waals surface area contributed by atoms with Gasteiger partial charge in [-0.2, -0.15) is 5.10 Å². The van der Waals surface area contributed by atoms with Crippen LogP contribution in [0.1, 0.15) is 31.9 Å². The van der Waals surface area contributed by atoms with Gasteiger partial charge in [0.25, 0.3) is 0 Å². The molecule has 3 fully saturated rings. The Hall–Kier alpha value is -1.59. The zero-order valence-electron chi connectivity index (χ0n) is 11.9. The fourth-order valence-corrected chi connectivity index (χ4v) is 4.84. The van der Waals surface area contributed by atoms with Crippen molar-refractivity contribution in [3.05, 3.63) is 15.8 Å². The Morgan fingerprint density at radius 3 is 2.60 bits per heavy atom. The SMILES string of the molecule is CCc1nn(C)c(NC2C3C4CCC(C4)C23)c1[N+](=O)[O-]. The van der Waals surface area contributed by atoms with E-state index in [1.54, 1.807) is 11.7 Å². The minimum absolute atomic E-state index is 0.173. The number of hydrogen-bond acceptors (Lipinski definition) is 4. The number of nitrogens with zero attached hydrogens (tertiary/aromatic N) is 3. The molecular formula is C14H20N4O2. The molecule has 6 nitrogen and oxygen atoms in total. The summed E-state index contributed by atoms with van der Waals surface area (Å²) in [6, 6.07) is 0.444. The summed E-state index contributed by atoms with van der Waals surface area (Å²) in [7, 11) is 1.79. The summed E-state index contributed by atoms with van der Waals surface area (Å²) >= 11 is 0. The van der Waals surface area contributed by atoms with Gasteiger partial charge in [0, 0.05) is 13.1 Å². The Morgan fingerprint density at radius 1 is 1.40 bits per heavy atom. The fourth-order valence-electron chi connectivity index (χ4n) is 4.84. The molecule has 3 aliphatic rings. The first-order chi connectivity index (χ1) is 9.61. The van der Waals surface area contributed by atoms with Gasteiger partial charge in [-0.3, -0.25) is 10.1 Å². The standard InChI is InChI=1S/C14H20N4O2/c1-3-9-13(18(19)20)14(17(2)16-9)15-12-10-7-4-5-8(6-7)11(10)12/h7-8,10-12,15H,3-6H2,1-2H3. The largest absolute Gasteiger partial charge is 0.361 e. The maximum Gasteiger partial charge on any atom is 0.333 e. The number of anilines is 1. The number of nitro groups is 1. The summed E-state index contributed by atoms with van der Waals surface area (Å²) in [6.07, 6.45) is 4.70. The predicted octanol–water partition coefficient (Wildman–Crippen LogP) is 2.35. The van der Waals surface area contributed by atoms with E-state index in [0.717, 1.165) is 23.7 Å². The van der Waals surface area contributed by atoms with Crippen molar-refractivity contribution >= 4 is 11.5 Å². The van der Waals surface area contributed by atoms with Gasteiger partial charge in [0.2, 0.25) is 5.82 Å². The van der Waals surface area contributed by atoms with Crippen molar-refractivity contribution < 1.29 is 4.92 Å². The number of fused-ring (bicyclic) bond motifs is 5. The molecule has 0 saturated heterocycles. The topological polar surface area (TPSA) is 73.0 Å². The molecule has 1 N–H and O–H groups in total. The summed E-state index contributed by atoms with van der Waals surface area (Å²) < 4.78 is 1.65. The van der Waals surface area contributed by atoms with Gasteiger partial charge in [-0.05, 0) is 49.4 Å². The zero-order chi connectivity index (χ0) is 14.0. The van der Waals surface area contributed by atoms with Crippen LogP contribution in [0.15, 0.2) is 0 Å². The molecule has 2 bridgehead atoms. The second-order valence-electron chi connectivity index (χ2n) is 6.54. The molecule has 3 aliphatic carbocycles. The smallest absolute Gasteiger partial charge is 0.333 e. The predicted molar refractivity (Wildman–Crippen MR) is 74.5 cm³/mol. The highest BCUT2D eigenvalue weighted by Gasteiger charge is 2.65. The van der Waals surface area contributed by atoms with Gasteiger partial charge in [0.15, 0.2) is 0 Å². The monoisotopic (exact) mass is 276 g/mol. The number of rotatable bonds is 4. The van der Waals surface area contributed by atoms with Gasteiger partial charge in [0.05, 0.1) is 4.92 Å². The van der Waals surface area contributed by atoms with E-state index < -0.39 is 0 Å². The Morgan fingerprint density at radius 2 is 2.05 bits per heavy atom. The molecule has 108 valence electrons. The quantitative estimate of drug-likeness (QED) is 0.676. The molecule has 3 saturated carbocycles. The Kier molecular flexibility index (Phi) is 2.41. The van der Waals surface area contributed by atoms with Crippen LogP contribution >= 0.6 is 0 Å².